The number of aliphatic hydroxyl groups is 1. The van der Waals surface area contributed by atoms with Gasteiger partial charge in [0.25, 0.3) is 0 Å². The second-order valence-electron chi connectivity index (χ2n) is 12.4. The third kappa shape index (κ3) is 4.13. The van der Waals surface area contributed by atoms with Gasteiger partial charge in [-0.2, -0.15) is 10.4 Å². The average Bonchev–Trinajstić information content (AvgIpc) is 3.44. The number of hydrogen-bond donors (Lipinski definition) is 1. The number of ether oxygens (including phenoxy) is 1. The van der Waals surface area contributed by atoms with Gasteiger partial charge in [-0.25, -0.2) is 0 Å². The van der Waals surface area contributed by atoms with Crippen LogP contribution in [-0.2, 0) is 11.3 Å². The normalized spacial score (nSPS) is 42.3. The van der Waals surface area contributed by atoms with Gasteiger partial charge in [0.05, 0.1) is 18.4 Å². The van der Waals surface area contributed by atoms with Crippen LogP contribution in [-0.4, -0.2) is 33.7 Å². The summed E-state index contributed by atoms with van der Waals surface area (Å²) < 4.78 is 7.61. The van der Waals surface area contributed by atoms with E-state index in [-0.39, 0.29) is 0 Å². The van der Waals surface area contributed by atoms with E-state index >= 15 is 0 Å². The molecule has 4 aliphatic carbocycles. The number of fused-ring (bicyclic) bond motifs is 5. The van der Waals surface area contributed by atoms with E-state index < -0.39 is 5.60 Å². The molecule has 5 heteroatoms. The van der Waals surface area contributed by atoms with E-state index in [0.29, 0.717) is 36.2 Å². The van der Waals surface area contributed by atoms with Crippen LogP contribution in [0.5, 0.6) is 0 Å². The molecule has 1 unspecified atom stereocenters. The molecule has 1 aromatic heterocycles. The molecule has 4 saturated carbocycles. The molecule has 0 radical (unpaired) electrons. The minimum absolute atomic E-state index is 0.430. The molecule has 0 spiro atoms. The Bertz CT molecular complexity index is 892. The SMILES string of the molecule is CCOC[C@@]1(O)CC[C@H]2[C@H](CC[C@@H]3[C@@H]2CC[C@]2(C)[C@@H](C(CC)Cn4nccc4C#N)CC[C@@H]32)C1. The highest BCUT2D eigenvalue weighted by atomic mass is 16.5. The van der Waals surface area contributed by atoms with Crippen LogP contribution in [0.25, 0.3) is 0 Å². The molecular weight excluding hydrogens is 422 g/mol. The first-order valence-electron chi connectivity index (χ1n) is 14.1. The zero-order chi connectivity index (χ0) is 23.9. The van der Waals surface area contributed by atoms with Crippen molar-refractivity contribution in [3.63, 3.8) is 0 Å². The molecule has 0 bridgehead atoms. The molecule has 1 N–H and O–H groups in total. The molecule has 1 aromatic rings. The lowest BCUT2D eigenvalue weighted by Crippen LogP contribution is -2.52. The Morgan fingerprint density at radius 2 is 1.97 bits per heavy atom. The van der Waals surface area contributed by atoms with Crippen molar-refractivity contribution >= 4 is 0 Å². The molecule has 5 nitrogen and oxygen atoms in total. The summed E-state index contributed by atoms with van der Waals surface area (Å²) in [4.78, 5) is 0. The van der Waals surface area contributed by atoms with Gasteiger partial charge in [-0.1, -0.05) is 20.3 Å². The lowest BCUT2D eigenvalue weighted by Gasteiger charge is -2.57. The van der Waals surface area contributed by atoms with Crippen LogP contribution < -0.4 is 0 Å². The predicted octanol–water partition coefficient (Wildman–Crippen LogP) is 5.82. The van der Waals surface area contributed by atoms with Crippen LogP contribution in [0.4, 0.5) is 0 Å². The highest BCUT2D eigenvalue weighted by Crippen LogP contribution is 2.66. The first-order chi connectivity index (χ1) is 16.4. The number of nitrogens with zero attached hydrogens (tertiary/aromatic N) is 3. The summed E-state index contributed by atoms with van der Waals surface area (Å²) in [6.07, 6.45) is 14.1. The summed E-state index contributed by atoms with van der Waals surface area (Å²) in [5.74, 6) is 5.42. The maximum absolute atomic E-state index is 11.1. The number of hydrogen-bond acceptors (Lipinski definition) is 4. The molecule has 4 aliphatic rings. The van der Waals surface area contributed by atoms with E-state index in [1.54, 1.807) is 6.20 Å². The van der Waals surface area contributed by atoms with Crippen LogP contribution in [0.3, 0.4) is 0 Å². The van der Waals surface area contributed by atoms with E-state index in [0.717, 1.165) is 55.4 Å². The molecule has 0 aromatic carbocycles. The average molecular weight is 468 g/mol. The van der Waals surface area contributed by atoms with Crippen molar-refractivity contribution < 1.29 is 9.84 Å². The van der Waals surface area contributed by atoms with Crippen molar-refractivity contribution in [3.8, 4) is 6.07 Å². The van der Waals surface area contributed by atoms with Gasteiger partial charge in [0.2, 0.25) is 0 Å². The van der Waals surface area contributed by atoms with Crippen molar-refractivity contribution in [2.75, 3.05) is 13.2 Å². The molecule has 5 rings (SSSR count). The predicted molar refractivity (Wildman–Crippen MR) is 133 cm³/mol. The summed E-state index contributed by atoms with van der Waals surface area (Å²) in [7, 11) is 0. The highest BCUT2D eigenvalue weighted by molar-refractivity contribution is 5.18. The van der Waals surface area contributed by atoms with Crippen molar-refractivity contribution in [3.05, 3.63) is 18.0 Å². The van der Waals surface area contributed by atoms with Gasteiger partial charge in [-0.15, -0.1) is 0 Å². The lowest BCUT2D eigenvalue weighted by molar-refractivity contribution is -0.130. The van der Waals surface area contributed by atoms with Crippen molar-refractivity contribution in [1.29, 1.82) is 5.26 Å². The fraction of sp³-hybridized carbons (Fsp3) is 0.862. The Hall–Kier alpha value is -1.38. The Labute approximate surface area is 206 Å². The third-order valence-corrected chi connectivity index (χ3v) is 11.1. The largest absolute Gasteiger partial charge is 0.387 e. The standard InChI is InChI=1S/C29H45N3O2/c1-4-20(18-32-22(17-30)12-15-31-32)26-8-9-27-25-7-6-21-16-29(33,19-34-5-2)14-11-23(21)24(25)10-13-28(26,27)3/h12,15,20-21,23-27,33H,4-11,13-14,16,18-19H2,1-3H3/t20?,21-,23+,24-,25-,26-,27+,28-,29-/m1/s1. The topological polar surface area (TPSA) is 71.1 Å². The van der Waals surface area contributed by atoms with Crippen LogP contribution >= 0.6 is 0 Å². The van der Waals surface area contributed by atoms with Gasteiger partial charge >= 0.3 is 0 Å². The van der Waals surface area contributed by atoms with Crippen LogP contribution in [0.15, 0.2) is 12.3 Å². The lowest BCUT2D eigenvalue weighted by atomic mass is 9.48. The number of aromatic nitrogens is 2. The molecule has 0 saturated heterocycles. The maximum atomic E-state index is 11.1. The molecular formula is C29H45N3O2. The maximum Gasteiger partial charge on any atom is 0.138 e. The highest BCUT2D eigenvalue weighted by Gasteiger charge is 2.58. The molecule has 0 aliphatic heterocycles. The minimum Gasteiger partial charge on any atom is -0.387 e. The molecule has 34 heavy (non-hydrogen) atoms. The minimum atomic E-state index is -0.589. The van der Waals surface area contributed by atoms with Gasteiger partial charge in [0, 0.05) is 13.2 Å². The monoisotopic (exact) mass is 467 g/mol. The molecule has 4 fully saturated rings. The first kappa shape index (κ1) is 24.3. The molecule has 9 atom stereocenters. The molecule has 0 amide bonds. The second kappa shape index (κ2) is 9.58. The van der Waals surface area contributed by atoms with E-state index in [4.69, 9.17) is 4.74 Å². The van der Waals surface area contributed by atoms with Crippen molar-refractivity contribution in [1.82, 2.24) is 9.78 Å². The van der Waals surface area contributed by atoms with Gasteiger partial charge in [-0.05, 0) is 118 Å². The van der Waals surface area contributed by atoms with E-state index in [9.17, 15) is 10.4 Å². The van der Waals surface area contributed by atoms with Crippen LogP contribution in [0.1, 0.15) is 90.7 Å². The zero-order valence-corrected chi connectivity index (χ0v) is 21.6. The van der Waals surface area contributed by atoms with E-state index in [1.165, 1.54) is 44.9 Å². The summed E-state index contributed by atoms with van der Waals surface area (Å²) in [6.45, 7) is 9.07. The van der Waals surface area contributed by atoms with Gasteiger partial charge in [0.1, 0.15) is 11.8 Å². The molecule has 1 heterocycles. The van der Waals surface area contributed by atoms with Crippen LogP contribution in [0, 0.1) is 58.2 Å². The second-order valence-corrected chi connectivity index (χ2v) is 12.4. The van der Waals surface area contributed by atoms with Gasteiger partial charge < -0.3 is 9.84 Å². The quantitative estimate of drug-likeness (QED) is 0.549. The Morgan fingerprint density at radius 1 is 1.15 bits per heavy atom. The third-order valence-electron chi connectivity index (χ3n) is 11.1. The Balaban J connectivity index is 1.29. The number of rotatable bonds is 7. The van der Waals surface area contributed by atoms with Crippen LogP contribution in [0.2, 0.25) is 0 Å². The summed E-state index contributed by atoms with van der Waals surface area (Å²) in [6, 6.07) is 4.16. The zero-order valence-electron chi connectivity index (χ0n) is 21.6. The Kier molecular flexibility index (Phi) is 6.85. The van der Waals surface area contributed by atoms with Gasteiger partial charge in [-0.3, -0.25) is 4.68 Å². The Morgan fingerprint density at radius 3 is 2.74 bits per heavy atom. The molecule has 188 valence electrons. The summed E-state index contributed by atoms with van der Waals surface area (Å²) in [5, 5.41) is 25.1. The van der Waals surface area contributed by atoms with Crippen molar-refractivity contribution in [2.45, 2.75) is 97.1 Å². The van der Waals surface area contributed by atoms with E-state index in [1.807, 2.05) is 17.7 Å². The number of nitriles is 1. The fourth-order valence-corrected chi connectivity index (χ4v) is 9.54. The summed E-state index contributed by atoms with van der Waals surface area (Å²) >= 11 is 0. The summed E-state index contributed by atoms with van der Waals surface area (Å²) in [5.41, 5.74) is 0.537. The van der Waals surface area contributed by atoms with E-state index in [2.05, 4.69) is 25.0 Å². The van der Waals surface area contributed by atoms with Gasteiger partial charge in [0.15, 0.2) is 0 Å². The smallest absolute Gasteiger partial charge is 0.138 e. The van der Waals surface area contributed by atoms with Crippen molar-refractivity contribution in [2.24, 2.45) is 46.8 Å². The fourth-order valence-electron chi connectivity index (χ4n) is 9.54. The first-order valence-corrected chi connectivity index (χ1v) is 14.1.